The van der Waals surface area contributed by atoms with Crippen molar-refractivity contribution in [3.8, 4) is 0 Å². The van der Waals surface area contributed by atoms with E-state index in [1.54, 1.807) is 31.2 Å². The van der Waals surface area contributed by atoms with Gasteiger partial charge in [0.05, 0.1) is 5.92 Å². The summed E-state index contributed by atoms with van der Waals surface area (Å²) in [4.78, 5) is 21.2. The van der Waals surface area contributed by atoms with Gasteiger partial charge in [0.25, 0.3) is 0 Å². The Morgan fingerprint density at radius 3 is 2.27 bits per heavy atom. The topological polar surface area (TPSA) is 92.4 Å². The lowest BCUT2D eigenvalue weighted by molar-refractivity contribution is -0.138. The highest BCUT2D eigenvalue weighted by molar-refractivity contribution is 5.87. The molecule has 2 amide bonds. The van der Waals surface area contributed by atoms with E-state index in [9.17, 15) is 9.59 Å². The molecule has 0 radical (unpaired) electrons. The highest BCUT2D eigenvalue weighted by Gasteiger charge is 2.12. The molecule has 0 spiro atoms. The summed E-state index contributed by atoms with van der Waals surface area (Å²) < 4.78 is 0. The Hall–Kier alpha value is -2.04. The summed E-state index contributed by atoms with van der Waals surface area (Å²) in [6, 6.07) is 5.86. The first kappa shape index (κ1) is 11.0. The zero-order valence-electron chi connectivity index (χ0n) is 8.23. The minimum Gasteiger partial charge on any atom is -0.481 e. The predicted octanol–water partition coefficient (Wildman–Crippen LogP) is 1.37. The number of aliphatic carboxylic acids is 1. The third kappa shape index (κ3) is 2.98. The largest absolute Gasteiger partial charge is 0.481 e. The molecular weight excluding hydrogens is 196 g/mol. The van der Waals surface area contributed by atoms with E-state index in [-0.39, 0.29) is 0 Å². The van der Waals surface area contributed by atoms with E-state index in [1.165, 1.54) is 0 Å². The average molecular weight is 208 g/mol. The van der Waals surface area contributed by atoms with Crippen LogP contribution >= 0.6 is 0 Å². The number of amides is 2. The van der Waals surface area contributed by atoms with Crippen LogP contribution in [-0.4, -0.2) is 17.1 Å². The number of hydrogen-bond donors (Lipinski definition) is 3. The molecule has 0 aliphatic carbocycles. The second-order valence-electron chi connectivity index (χ2n) is 3.17. The molecule has 1 aromatic carbocycles. The van der Waals surface area contributed by atoms with Crippen LogP contribution in [0.2, 0.25) is 0 Å². The number of benzene rings is 1. The minimum absolute atomic E-state index is 0.545. The molecule has 5 nitrogen and oxygen atoms in total. The van der Waals surface area contributed by atoms with Crippen molar-refractivity contribution >= 4 is 17.7 Å². The first-order valence-electron chi connectivity index (χ1n) is 4.40. The van der Waals surface area contributed by atoms with Crippen molar-refractivity contribution in [3.63, 3.8) is 0 Å². The lowest BCUT2D eigenvalue weighted by atomic mass is 10.0. The standard InChI is InChI=1S/C10H12N2O3/c1-6(9(13)14)7-2-4-8(5-3-7)12-10(11)15/h2-6H,1H3,(H,13,14)(H3,11,12,15). The normalized spacial score (nSPS) is 11.8. The maximum atomic E-state index is 10.7. The van der Waals surface area contributed by atoms with E-state index in [2.05, 4.69) is 5.32 Å². The molecule has 0 saturated carbocycles. The number of carboxylic acids is 1. The van der Waals surface area contributed by atoms with E-state index in [0.29, 0.717) is 11.3 Å². The average Bonchev–Trinajstić information content (AvgIpc) is 2.17. The van der Waals surface area contributed by atoms with Crippen molar-refractivity contribution in [2.75, 3.05) is 5.32 Å². The van der Waals surface area contributed by atoms with Gasteiger partial charge in [-0.25, -0.2) is 4.79 Å². The number of primary amides is 1. The van der Waals surface area contributed by atoms with Crippen LogP contribution in [0.1, 0.15) is 18.4 Å². The van der Waals surface area contributed by atoms with Gasteiger partial charge in [-0.15, -0.1) is 0 Å². The Balaban J connectivity index is 2.80. The van der Waals surface area contributed by atoms with Crippen LogP contribution in [0.4, 0.5) is 10.5 Å². The summed E-state index contributed by atoms with van der Waals surface area (Å²) in [6.45, 7) is 1.60. The van der Waals surface area contributed by atoms with Gasteiger partial charge in [0, 0.05) is 5.69 Å². The van der Waals surface area contributed by atoms with Gasteiger partial charge in [-0.1, -0.05) is 12.1 Å². The summed E-state index contributed by atoms with van der Waals surface area (Å²) in [5.41, 5.74) is 6.15. The Bertz CT molecular complexity index is 373. The first-order chi connectivity index (χ1) is 7.00. The maximum Gasteiger partial charge on any atom is 0.316 e. The highest BCUT2D eigenvalue weighted by atomic mass is 16.4. The fourth-order valence-electron chi connectivity index (χ4n) is 1.14. The molecule has 0 saturated heterocycles. The molecule has 15 heavy (non-hydrogen) atoms. The van der Waals surface area contributed by atoms with Crippen LogP contribution in [0.15, 0.2) is 24.3 Å². The minimum atomic E-state index is -0.884. The number of carboxylic acid groups (broad SMARTS) is 1. The van der Waals surface area contributed by atoms with E-state index >= 15 is 0 Å². The van der Waals surface area contributed by atoms with Crippen molar-refractivity contribution in [1.29, 1.82) is 0 Å². The van der Waals surface area contributed by atoms with Gasteiger partial charge >= 0.3 is 12.0 Å². The molecule has 0 aliphatic rings. The van der Waals surface area contributed by atoms with Crippen LogP contribution in [-0.2, 0) is 4.79 Å². The second-order valence-corrected chi connectivity index (χ2v) is 3.17. The fourth-order valence-corrected chi connectivity index (χ4v) is 1.14. The van der Waals surface area contributed by atoms with Gasteiger partial charge < -0.3 is 16.2 Å². The fraction of sp³-hybridized carbons (Fsp3) is 0.200. The van der Waals surface area contributed by atoms with Gasteiger partial charge in [-0.05, 0) is 24.6 Å². The van der Waals surface area contributed by atoms with Crippen LogP contribution in [0.5, 0.6) is 0 Å². The molecule has 1 rings (SSSR count). The summed E-state index contributed by atoms with van der Waals surface area (Å²) in [5.74, 6) is -1.45. The molecule has 80 valence electrons. The Labute approximate surface area is 86.9 Å². The number of nitrogens with one attached hydrogen (secondary N) is 1. The summed E-state index contributed by atoms with van der Waals surface area (Å²) in [6.07, 6.45) is 0. The van der Waals surface area contributed by atoms with E-state index in [0.717, 1.165) is 0 Å². The number of anilines is 1. The number of rotatable bonds is 3. The third-order valence-corrected chi connectivity index (χ3v) is 2.05. The van der Waals surface area contributed by atoms with Gasteiger partial charge in [-0.3, -0.25) is 4.79 Å². The van der Waals surface area contributed by atoms with E-state index in [1.807, 2.05) is 0 Å². The molecule has 0 fully saturated rings. The smallest absolute Gasteiger partial charge is 0.316 e. The highest BCUT2D eigenvalue weighted by Crippen LogP contribution is 2.17. The zero-order valence-corrected chi connectivity index (χ0v) is 8.23. The van der Waals surface area contributed by atoms with Crippen molar-refractivity contribution in [1.82, 2.24) is 0 Å². The molecule has 0 bridgehead atoms. The molecule has 0 heterocycles. The second kappa shape index (κ2) is 4.45. The Morgan fingerprint density at radius 2 is 1.87 bits per heavy atom. The van der Waals surface area contributed by atoms with Crippen LogP contribution in [0.25, 0.3) is 0 Å². The molecule has 1 unspecified atom stereocenters. The van der Waals surface area contributed by atoms with E-state index in [4.69, 9.17) is 10.8 Å². The number of nitrogens with two attached hydrogens (primary N) is 1. The molecule has 1 aromatic rings. The number of hydrogen-bond acceptors (Lipinski definition) is 2. The van der Waals surface area contributed by atoms with Crippen LogP contribution < -0.4 is 11.1 Å². The van der Waals surface area contributed by atoms with Crippen molar-refractivity contribution < 1.29 is 14.7 Å². The number of carbonyl (C=O) groups excluding carboxylic acids is 1. The molecule has 0 aromatic heterocycles. The predicted molar refractivity (Wildman–Crippen MR) is 55.7 cm³/mol. The molecule has 1 atom stereocenters. The summed E-state index contributed by atoms with van der Waals surface area (Å²) in [5, 5.41) is 11.2. The maximum absolute atomic E-state index is 10.7. The summed E-state index contributed by atoms with van der Waals surface area (Å²) in [7, 11) is 0. The van der Waals surface area contributed by atoms with Gasteiger partial charge in [0.15, 0.2) is 0 Å². The summed E-state index contributed by atoms with van der Waals surface area (Å²) >= 11 is 0. The SMILES string of the molecule is CC(C(=O)O)c1ccc(NC(N)=O)cc1. The van der Waals surface area contributed by atoms with Gasteiger partial charge in [0.1, 0.15) is 0 Å². The van der Waals surface area contributed by atoms with Crippen molar-refractivity contribution in [2.24, 2.45) is 5.73 Å². The number of carbonyl (C=O) groups is 2. The molecule has 5 heteroatoms. The monoisotopic (exact) mass is 208 g/mol. The van der Waals surface area contributed by atoms with Crippen molar-refractivity contribution in [3.05, 3.63) is 29.8 Å². The molecule has 4 N–H and O–H groups in total. The van der Waals surface area contributed by atoms with Crippen LogP contribution in [0.3, 0.4) is 0 Å². The van der Waals surface area contributed by atoms with Gasteiger partial charge in [-0.2, -0.15) is 0 Å². The van der Waals surface area contributed by atoms with Gasteiger partial charge in [0.2, 0.25) is 0 Å². The van der Waals surface area contributed by atoms with Crippen molar-refractivity contribution in [2.45, 2.75) is 12.8 Å². The third-order valence-electron chi connectivity index (χ3n) is 2.05. The quantitative estimate of drug-likeness (QED) is 0.700. The first-order valence-corrected chi connectivity index (χ1v) is 4.40. The lowest BCUT2D eigenvalue weighted by Crippen LogP contribution is -2.19. The molecule has 0 aliphatic heterocycles. The zero-order chi connectivity index (χ0) is 11.4. The number of urea groups is 1. The lowest BCUT2D eigenvalue weighted by Gasteiger charge is -2.07. The Kier molecular flexibility index (Phi) is 3.28. The molecular formula is C10H12N2O3. The Morgan fingerprint density at radius 1 is 1.33 bits per heavy atom. The van der Waals surface area contributed by atoms with Crippen LogP contribution in [0, 0.1) is 0 Å². The van der Waals surface area contributed by atoms with E-state index < -0.39 is 17.9 Å².